The lowest BCUT2D eigenvalue weighted by molar-refractivity contribution is 0.0685. The number of para-hydroxylation sites is 1. The molecule has 0 radical (unpaired) electrons. The number of carboxylic acids is 1. The first-order valence-corrected chi connectivity index (χ1v) is 8.14. The zero-order valence-corrected chi connectivity index (χ0v) is 13.5. The fourth-order valence-electron chi connectivity index (χ4n) is 2.81. The van der Waals surface area contributed by atoms with Gasteiger partial charge in [-0.3, -0.25) is 4.90 Å². The summed E-state index contributed by atoms with van der Waals surface area (Å²) < 4.78 is 4.97. The highest BCUT2D eigenvalue weighted by Gasteiger charge is 2.16. The third kappa shape index (κ3) is 4.33. The second-order valence-electron chi connectivity index (χ2n) is 5.82. The fraction of sp³-hybridized carbons (Fsp3) is 0.412. The van der Waals surface area contributed by atoms with Crippen LogP contribution in [0.3, 0.4) is 0 Å². The van der Waals surface area contributed by atoms with Crippen molar-refractivity contribution in [2.45, 2.75) is 6.54 Å². The third-order valence-corrected chi connectivity index (χ3v) is 4.18. The number of piperazine rings is 1. The lowest BCUT2D eigenvalue weighted by Crippen LogP contribution is -2.48. The van der Waals surface area contributed by atoms with E-state index in [0.717, 1.165) is 39.3 Å². The van der Waals surface area contributed by atoms with Gasteiger partial charge in [0, 0.05) is 51.0 Å². The van der Waals surface area contributed by atoms with Crippen LogP contribution in [0.2, 0.25) is 0 Å². The average Bonchev–Trinajstić information content (AvgIpc) is 3.09. The molecule has 0 bridgehead atoms. The van der Waals surface area contributed by atoms with Gasteiger partial charge in [0.1, 0.15) is 0 Å². The van der Waals surface area contributed by atoms with Crippen LogP contribution in [0.25, 0.3) is 0 Å². The molecule has 1 aromatic carbocycles. The van der Waals surface area contributed by atoms with E-state index in [9.17, 15) is 4.79 Å². The van der Waals surface area contributed by atoms with Crippen molar-refractivity contribution in [1.82, 2.24) is 15.4 Å². The summed E-state index contributed by atoms with van der Waals surface area (Å²) in [6.45, 7) is 6.44. The molecule has 0 atom stereocenters. The Kier molecular flexibility index (Phi) is 5.45. The molecule has 1 aromatic heterocycles. The number of rotatable bonds is 7. The molecular formula is C17H22N4O3. The van der Waals surface area contributed by atoms with Gasteiger partial charge in [-0.05, 0) is 12.1 Å². The molecule has 0 spiro atoms. The van der Waals surface area contributed by atoms with Gasteiger partial charge in [0.05, 0.1) is 6.54 Å². The summed E-state index contributed by atoms with van der Waals surface area (Å²) in [5.41, 5.74) is 1.23. The third-order valence-electron chi connectivity index (χ3n) is 4.18. The Balaban J connectivity index is 1.34. The molecule has 1 fully saturated rings. The second-order valence-corrected chi connectivity index (χ2v) is 5.82. The molecule has 2 aromatic rings. The molecule has 3 rings (SSSR count). The summed E-state index contributed by atoms with van der Waals surface area (Å²) in [5.74, 6) is -0.525. The van der Waals surface area contributed by atoms with Crippen LogP contribution in [0.5, 0.6) is 0 Å². The van der Waals surface area contributed by atoms with Gasteiger partial charge in [0.2, 0.25) is 0 Å². The number of aromatic nitrogens is 1. The van der Waals surface area contributed by atoms with Crippen molar-refractivity contribution in [2.24, 2.45) is 0 Å². The number of nitrogens with one attached hydrogen (secondary N) is 1. The molecular weight excluding hydrogens is 308 g/mol. The Morgan fingerprint density at radius 3 is 2.62 bits per heavy atom. The number of nitrogens with zero attached hydrogens (tertiary/aromatic N) is 3. The molecule has 0 saturated carbocycles. The summed E-state index contributed by atoms with van der Waals surface area (Å²) in [7, 11) is 0. The number of carboxylic acid groups (broad SMARTS) is 1. The van der Waals surface area contributed by atoms with E-state index in [1.54, 1.807) is 0 Å². The number of benzene rings is 1. The van der Waals surface area contributed by atoms with E-state index in [2.05, 4.69) is 44.5 Å². The van der Waals surface area contributed by atoms with Gasteiger partial charge in [-0.25, -0.2) is 4.79 Å². The van der Waals surface area contributed by atoms with Gasteiger partial charge in [-0.2, -0.15) is 0 Å². The average molecular weight is 330 g/mol. The molecule has 7 heteroatoms. The summed E-state index contributed by atoms with van der Waals surface area (Å²) in [4.78, 5) is 15.6. The van der Waals surface area contributed by atoms with E-state index in [1.165, 1.54) is 11.8 Å². The maximum atomic E-state index is 10.7. The Hall–Kier alpha value is -2.38. The van der Waals surface area contributed by atoms with Crippen LogP contribution in [-0.4, -0.2) is 60.4 Å². The number of hydrogen-bond donors (Lipinski definition) is 2. The van der Waals surface area contributed by atoms with Crippen molar-refractivity contribution in [3.05, 3.63) is 47.9 Å². The standard InChI is InChI=1S/C17H22N4O3/c22-17(23)16-12-15(24-19-16)13-18-6-7-20-8-10-21(11-9-20)14-4-2-1-3-5-14/h1-5,12,18H,6-11,13H2,(H,22,23). The molecule has 2 heterocycles. The Morgan fingerprint density at radius 1 is 1.21 bits per heavy atom. The Labute approximate surface area is 140 Å². The number of hydrogen-bond acceptors (Lipinski definition) is 6. The molecule has 0 aliphatic carbocycles. The zero-order chi connectivity index (χ0) is 16.8. The van der Waals surface area contributed by atoms with E-state index in [-0.39, 0.29) is 5.69 Å². The highest BCUT2D eigenvalue weighted by atomic mass is 16.5. The summed E-state index contributed by atoms with van der Waals surface area (Å²) in [6, 6.07) is 11.9. The maximum Gasteiger partial charge on any atom is 0.358 e. The van der Waals surface area contributed by atoms with Crippen molar-refractivity contribution in [3.63, 3.8) is 0 Å². The first-order chi connectivity index (χ1) is 11.7. The summed E-state index contributed by atoms with van der Waals surface area (Å²) in [6.07, 6.45) is 0. The molecule has 128 valence electrons. The maximum absolute atomic E-state index is 10.7. The van der Waals surface area contributed by atoms with Crippen molar-refractivity contribution in [1.29, 1.82) is 0 Å². The van der Waals surface area contributed by atoms with Gasteiger partial charge in [0.15, 0.2) is 11.5 Å². The van der Waals surface area contributed by atoms with Crippen LogP contribution < -0.4 is 10.2 Å². The van der Waals surface area contributed by atoms with Gasteiger partial charge in [-0.15, -0.1) is 0 Å². The normalized spacial score (nSPS) is 15.6. The molecule has 2 N–H and O–H groups in total. The SMILES string of the molecule is O=C(O)c1cc(CNCCN2CCN(c3ccccc3)CC2)on1. The first-order valence-electron chi connectivity index (χ1n) is 8.14. The lowest BCUT2D eigenvalue weighted by atomic mass is 10.2. The van der Waals surface area contributed by atoms with Crippen LogP contribution in [0, 0.1) is 0 Å². The molecule has 1 aliphatic heterocycles. The highest BCUT2D eigenvalue weighted by Crippen LogP contribution is 2.15. The van der Waals surface area contributed by atoms with Gasteiger partial charge < -0.3 is 19.8 Å². The number of anilines is 1. The van der Waals surface area contributed by atoms with E-state index in [1.807, 2.05) is 6.07 Å². The largest absolute Gasteiger partial charge is 0.476 e. The van der Waals surface area contributed by atoms with E-state index < -0.39 is 5.97 Å². The lowest BCUT2D eigenvalue weighted by Gasteiger charge is -2.36. The number of aromatic carboxylic acids is 1. The summed E-state index contributed by atoms with van der Waals surface area (Å²) in [5, 5.41) is 15.5. The van der Waals surface area contributed by atoms with Gasteiger partial charge >= 0.3 is 5.97 Å². The zero-order valence-electron chi connectivity index (χ0n) is 13.5. The first kappa shape index (κ1) is 16.5. The van der Waals surface area contributed by atoms with Crippen molar-refractivity contribution >= 4 is 11.7 Å². The van der Waals surface area contributed by atoms with Crippen LogP contribution in [-0.2, 0) is 6.54 Å². The predicted molar refractivity (Wildman–Crippen MR) is 90.3 cm³/mol. The molecule has 0 unspecified atom stereocenters. The molecule has 24 heavy (non-hydrogen) atoms. The molecule has 0 amide bonds. The van der Waals surface area contributed by atoms with Crippen LogP contribution in [0.1, 0.15) is 16.2 Å². The van der Waals surface area contributed by atoms with Crippen LogP contribution in [0.4, 0.5) is 5.69 Å². The van der Waals surface area contributed by atoms with E-state index >= 15 is 0 Å². The van der Waals surface area contributed by atoms with Gasteiger partial charge in [0.25, 0.3) is 0 Å². The molecule has 1 aliphatic rings. The highest BCUT2D eigenvalue weighted by molar-refractivity contribution is 5.85. The Bertz CT molecular complexity index is 651. The fourth-order valence-corrected chi connectivity index (χ4v) is 2.81. The minimum absolute atomic E-state index is 0.0520. The van der Waals surface area contributed by atoms with Crippen molar-refractivity contribution in [2.75, 3.05) is 44.2 Å². The molecule has 1 saturated heterocycles. The topological polar surface area (TPSA) is 81.8 Å². The molecule has 7 nitrogen and oxygen atoms in total. The second kappa shape index (κ2) is 7.94. The number of carbonyl (C=O) groups is 1. The monoisotopic (exact) mass is 330 g/mol. The quantitative estimate of drug-likeness (QED) is 0.740. The Morgan fingerprint density at radius 2 is 1.96 bits per heavy atom. The van der Waals surface area contributed by atoms with E-state index in [0.29, 0.717) is 12.3 Å². The van der Waals surface area contributed by atoms with Crippen LogP contribution >= 0.6 is 0 Å². The summed E-state index contributed by atoms with van der Waals surface area (Å²) >= 11 is 0. The minimum Gasteiger partial charge on any atom is -0.476 e. The van der Waals surface area contributed by atoms with Crippen molar-refractivity contribution in [3.8, 4) is 0 Å². The van der Waals surface area contributed by atoms with Gasteiger partial charge in [-0.1, -0.05) is 23.4 Å². The predicted octanol–water partition coefficient (Wildman–Crippen LogP) is 1.28. The minimum atomic E-state index is -1.07. The van der Waals surface area contributed by atoms with Crippen molar-refractivity contribution < 1.29 is 14.4 Å². The van der Waals surface area contributed by atoms with Crippen LogP contribution in [0.15, 0.2) is 40.9 Å². The smallest absolute Gasteiger partial charge is 0.358 e. The van der Waals surface area contributed by atoms with E-state index in [4.69, 9.17) is 9.63 Å².